The van der Waals surface area contributed by atoms with E-state index in [2.05, 4.69) is 24.8 Å². The van der Waals surface area contributed by atoms with Crippen LogP contribution in [0.4, 0.5) is 0 Å². The predicted molar refractivity (Wildman–Crippen MR) is 60.8 cm³/mol. The first-order valence-electron chi connectivity index (χ1n) is 5.61. The summed E-state index contributed by atoms with van der Waals surface area (Å²) < 4.78 is 0. The topological polar surface area (TPSA) is 27.0 Å². The third kappa shape index (κ3) is 4.91. The van der Waals surface area contributed by atoms with E-state index >= 15 is 0 Å². The van der Waals surface area contributed by atoms with Crippen molar-refractivity contribution < 1.29 is 0 Å². The lowest BCUT2D eigenvalue weighted by molar-refractivity contribution is 0.342. The van der Waals surface area contributed by atoms with Crippen molar-refractivity contribution >= 4 is 0 Å². The molecule has 0 aromatic carbocycles. The Morgan fingerprint density at radius 3 is 2.00 bits per heavy atom. The quantitative estimate of drug-likeness (QED) is 0.581. The van der Waals surface area contributed by atoms with Crippen molar-refractivity contribution in [3.63, 3.8) is 0 Å². The number of allylic oxidation sites excluding steroid dienone is 2. The summed E-state index contributed by atoms with van der Waals surface area (Å²) >= 11 is 0. The number of nitriles is 1. The van der Waals surface area contributed by atoms with Crippen LogP contribution in [0.25, 0.3) is 0 Å². The summed E-state index contributed by atoms with van der Waals surface area (Å²) in [7, 11) is 0. The number of rotatable bonds is 7. The van der Waals surface area contributed by atoms with E-state index in [-0.39, 0.29) is 0 Å². The molecule has 0 amide bonds. The molecule has 0 atom stereocenters. The second kappa shape index (κ2) is 8.62. The third-order valence-corrected chi connectivity index (χ3v) is 2.29. The Labute approximate surface area is 88.2 Å². The Hall–Kier alpha value is -0.970. The molecule has 0 aromatic heterocycles. The lowest BCUT2D eigenvalue weighted by Crippen LogP contribution is -2.24. The molecule has 0 saturated carbocycles. The molecule has 0 unspecified atom stereocenters. The number of nitrogens with zero attached hydrogens (tertiary/aromatic N) is 2. The van der Waals surface area contributed by atoms with Crippen LogP contribution in [-0.4, -0.2) is 18.0 Å². The van der Waals surface area contributed by atoms with E-state index in [1.165, 1.54) is 25.7 Å². The van der Waals surface area contributed by atoms with Crippen molar-refractivity contribution in [1.29, 1.82) is 5.26 Å². The van der Waals surface area contributed by atoms with Gasteiger partial charge in [0.25, 0.3) is 0 Å². The highest BCUT2D eigenvalue weighted by Crippen LogP contribution is 2.07. The molecule has 0 aliphatic carbocycles. The smallest absolute Gasteiger partial charge is 0.117 e. The molecule has 0 bridgehead atoms. The average Bonchev–Trinajstić information content (AvgIpc) is 2.22. The Kier molecular flexibility index (Phi) is 8.02. The maximum atomic E-state index is 8.94. The number of hydrogen-bond donors (Lipinski definition) is 0. The van der Waals surface area contributed by atoms with Crippen LogP contribution in [0.15, 0.2) is 11.8 Å². The van der Waals surface area contributed by atoms with Crippen molar-refractivity contribution in [2.75, 3.05) is 13.1 Å². The molecule has 2 nitrogen and oxygen atoms in total. The van der Waals surface area contributed by atoms with E-state index in [0.717, 1.165) is 18.8 Å². The molecular formula is C12H22N2. The van der Waals surface area contributed by atoms with Crippen LogP contribution in [-0.2, 0) is 0 Å². The van der Waals surface area contributed by atoms with Crippen molar-refractivity contribution in [2.45, 2.75) is 46.5 Å². The van der Waals surface area contributed by atoms with E-state index in [4.69, 9.17) is 5.26 Å². The summed E-state index contributed by atoms with van der Waals surface area (Å²) in [6.45, 7) is 8.33. The standard InChI is InChI=1S/C12H22N2/c1-4-7-9-14(10-8-5-2)12(6-3)11-13/h6H,4-5,7-10H2,1-3H3/b12-6-. The normalized spacial score (nSPS) is 11.1. The zero-order chi connectivity index (χ0) is 10.8. The fraction of sp³-hybridized carbons (Fsp3) is 0.750. The largest absolute Gasteiger partial charge is 0.363 e. The molecule has 0 heterocycles. The minimum atomic E-state index is 0.826. The van der Waals surface area contributed by atoms with Gasteiger partial charge in [-0.15, -0.1) is 0 Å². The zero-order valence-electron chi connectivity index (χ0n) is 9.71. The van der Waals surface area contributed by atoms with E-state index in [9.17, 15) is 0 Å². The third-order valence-electron chi connectivity index (χ3n) is 2.29. The van der Waals surface area contributed by atoms with Crippen molar-refractivity contribution in [1.82, 2.24) is 4.90 Å². The van der Waals surface area contributed by atoms with Gasteiger partial charge in [-0.3, -0.25) is 0 Å². The van der Waals surface area contributed by atoms with Crippen LogP contribution in [0.1, 0.15) is 46.5 Å². The van der Waals surface area contributed by atoms with Gasteiger partial charge in [0.05, 0.1) is 0 Å². The van der Waals surface area contributed by atoms with E-state index in [0.29, 0.717) is 0 Å². The molecule has 0 saturated heterocycles. The summed E-state index contributed by atoms with van der Waals surface area (Å²) in [5.74, 6) is 0. The SMILES string of the molecule is C/C=C(/C#N)N(CCCC)CCCC. The Balaban J connectivity index is 4.16. The van der Waals surface area contributed by atoms with Gasteiger partial charge in [0, 0.05) is 13.1 Å². The Morgan fingerprint density at radius 2 is 1.71 bits per heavy atom. The van der Waals surface area contributed by atoms with Crippen LogP contribution in [0, 0.1) is 11.3 Å². The predicted octanol–water partition coefficient (Wildman–Crippen LogP) is 3.32. The number of unbranched alkanes of at least 4 members (excludes halogenated alkanes) is 2. The van der Waals surface area contributed by atoms with Crippen LogP contribution in [0.3, 0.4) is 0 Å². The summed E-state index contributed by atoms with van der Waals surface area (Å²) in [4.78, 5) is 2.20. The minimum Gasteiger partial charge on any atom is -0.363 e. The van der Waals surface area contributed by atoms with Crippen LogP contribution in [0.2, 0.25) is 0 Å². The lowest BCUT2D eigenvalue weighted by Gasteiger charge is -2.23. The van der Waals surface area contributed by atoms with Crippen LogP contribution < -0.4 is 0 Å². The first kappa shape index (κ1) is 13.0. The molecule has 0 aliphatic heterocycles. The zero-order valence-corrected chi connectivity index (χ0v) is 9.71. The highest BCUT2D eigenvalue weighted by atomic mass is 15.1. The van der Waals surface area contributed by atoms with Gasteiger partial charge in [-0.2, -0.15) is 5.26 Å². The second-order valence-corrected chi connectivity index (χ2v) is 3.48. The molecule has 14 heavy (non-hydrogen) atoms. The monoisotopic (exact) mass is 194 g/mol. The Morgan fingerprint density at radius 1 is 1.21 bits per heavy atom. The van der Waals surface area contributed by atoms with Gasteiger partial charge < -0.3 is 4.90 Å². The van der Waals surface area contributed by atoms with Crippen molar-refractivity contribution in [2.24, 2.45) is 0 Å². The summed E-state index contributed by atoms with van der Waals surface area (Å²) in [5, 5.41) is 8.94. The average molecular weight is 194 g/mol. The lowest BCUT2D eigenvalue weighted by atomic mass is 10.2. The van der Waals surface area contributed by atoms with Gasteiger partial charge in [0.2, 0.25) is 0 Å². The van der Waals surface area contributed by atoms with Gasteiger partial charge in [0.15, 0.2) is 0 Å². The fourth-order valence-corrected chi connectivity index (χ4v) is 1.37. The van der Waals surface area contributed by atoms with E-state index in [1.54, 1.807) is 0 Å². The van der Waals surface area contributed by atoms with Crippen molar-refractivity contribution in [3.05, 3.63) is 11.8 Å². The van der Waals surface area contributed by atoms with Crippen LogP contribution >= 0.6 is 0 Å². The molecule has 80 valence electrons. The maximum Gasteiger partial charge on any atom is 0.117 e. The fourth-order valence-electron chi connectivity index (χ4n) is 1.37. The highest BCUT2D eigenvalue weighted by Gasteiger charge is 2.06. The van der Waals surface area contributed by atoms with Gasteiger partial charge in [-0.05, 0) is 19.8 Å². The van der Waals surface area contributed by atoms with Gasteiger partial charge in [-0.1, -0.05) is 32.8 Å². The van der Waals surface area contributed by atoms with E-state index in [1.807, 2.05) is 13.0 Å². The molecule has 2 heteroatoms. The molecule has 0 fully saturated rings. The minimum absolute atomic E-state index is 0.826. The molecule has 0 spiro atoms. The second-order valence-electron chi connectivity index (χ2n) is 3.48. The first-order valence-corrected chi connectivity index (χ1v) is 5.61. The number of hydrogen-bond acceptors (Lipinski definition) is 2. The van der Waals surface area contributed by atoms with E-state index < -0.39 is 0 Å². The van der Waals surface area contributed by atoms with Gasteiger partial charge >= 0.3 is 0 Å². The first-order chi connectivity index (χ1) is 6.79. The van der Waals surface area contributed by atoms with Gasteiger partial charge in [-0.25, -0.2) is 0 Å². The summed E-state index contributed by atoms with van der Waals surface area (Å²) in [6, 6.07) is 2.26. The summed E-state index contributed by atoms with van der Waals surface area (Å²) in [5.41, 5.74) is 0.826. The molecule has 0 rings (SSSR count). The van der Waals surface area contributed by atoms with Crippen molar-refractivity contribution in [3.8, 4) is 6.07 Å². The molecular weight excluding hydrogens is 172 g/mol. The Bertz CT molecular complexity index is 193. The molecule has 0 radical (unpaired) electrons. The molecule has 0 N–H and O–H groups in total. The molecule has 0 aliphatic rings. The summed E-state index contributed by atoms with van der Waals surface area (Å²) in [6.07, 6.45) is 6.62. The van der Waals surface area contributed by atoms with Crippen LogP contribution in [0.5, 0.6) is 0 Å². The van der Waals surface area contributed by atoms with Gasteiger partial charge in [0.1, 0.15) is 11.8 Å². The maximum absolute atomic E-state index is 8.94. The molecule has 0 aromatic rings. The highest BCUT2D eigenvalue weighted by molar-refractivity contribution is 5.18.